The van der Waals surface area contributed by atoms with E-state index in [9.17, 15) is 4.79 Å². The summed E-state index contributed by atoms with van der Waals surface area (Å²) in [5.74, 6) is -0.0677. The van der Waals surface area contributed by atoms with E-state index in [0.717, 1.165) is 49.8 Å². The van der Waals surface area contributed by atoms with Gasteiger partial charge in [-0.05, 0) is 24.3 Å². The zero-order valence-electron chi connectivity index (χ0n) is 14.5. The highest BCUT2D eigenvalue weighted by atomic mass is 16.5. The summed E-state index contributed by atoms with van der Waals surface area (Å²) < 4.78 is 7.11. The van der Waals surface area contributed by atoms with Crippen LogP contribution in [0.2, 0.25) is 0 Å². The van der Waals surface area contributed by atoms with Crippen molar-refractivity contribution in [2.45, 2.75) is 0 Å². The van der Waals surface area contributed by atoms with Crippen molar-refractivity contribution in [3.8, 4) is 11.3 Å². The molecule has 1 saturated heterocycles. The van der Waals surface area contributed by atoms with Crippen LogP contribution in [0.25, 0.3) is 16.9 Å². The molecule has 4 rings (SSSR count). The molecule has 0 aliphatic carbocycles. The highest BCUT2D eigenvalue weighted by Gasteiger charge is 2.12. The number of ether oxygens (including phenoxy) is 1. The van der Waals surface area contributed by atoms with Crippen LogP contribution in [0, 0.1) is 0 Å². The molecular formula is C19H21N5O2. The van der Waals surface area contributed by atoms with Crippen molar-refractivity contribution in [3.63, 3.8) is 0 Å². The molecule has 1 amide bonds. The van der Waals surface area contributed by atoms with Crippen molar-refractivity contribution in [3.05, 3.63) is 54.4 Å². The van der Waals surface area contributed by atoms with Crippen molar-refractivity contribution >= 4 is 11.6 Å². The molecule has 1 aromatic carbocycles. The molecule has 1 aliphatic heterocycles. The van der Waals surface area contributed by atoms with Crippen molar-refractivity contribution in [2.24, 2.45) is 0 Å². The van der Waals surface area contributed by atoms with Gasteiger partial charge in [-0.3, -0.25) is 9.69 Å². The second-order valence-electron chi connectivity index (χ2n) is 6.23. The van der Waals surface area contributed by atoms with Crippen LogP contribution in [0.1, 0.15) is 10.4 Å². The Labute approximate surface area is 151 Å². The van der Waals surface area contributed by atoms with Gasteiger partial charge in [0.1, 0.15) is 0 Å². The predicted octanol–water partition coefficient (Wildman–Crippen LogP) is 1.46. The number of benzene rings is 1. The Balaban J connectivity index is 1.44. The Morgan fingerprint density at radius 1 is 1.19 bits per heavy atom. The second-order valence-corrected chi connectivity index (χ2v) is 6.23. The maximum absolute atomic E-state index is 12.5. The summed E-state index contributed by atoms with van der Waals surface area (Å²) in [5, 5.41) is 7.33. The lowest BCUT2D eigenvalue weighted by Crippen LogP contribution is -2.41. The van der Waals surface area contributed by atoms with Crippen LogP contribution >= 0.6 is 0 Å². The molecule has 26 heavy (non-hydrogen) atoms. The molecule has 0 spiro atoms. The molecule has 2 aromatic heterocycles. The molecule has 0 atom stereocenters. The first-order chi connectivity index (χ1) is 12.8. The molecule has 0 bridgehead atoms. The maximum Gasteiger partial charge on any atom is 0.251 e. The molecule has 0 unspecified atom stereocenters. The number of morpholine rings is 1. The van der Waals surface area contributed by atoms with Gasteiger partial charge in [0.25, 0.3) is 5.91 Å². The summed E-state index contributed by atoms with van der Waals surface area (Å²) in [7, 11) is 0. The Kier molecular flexibility index (Phi) is 4.90. The summed E-state index contributed by atoms with van der Waals surface area (Å²) >= 11 is 0. The average molecular weight is 351 g/mol. The molecule has 134 valence electrons. The Morgan fingerprint density at radius 2 is 2.08 bits per heavy atom. The zero-order chi connectivity index (χ0) is 17.8. The molecule has 1 fully saturated rings. The molecule has 0 radical (unpaired) electrons. The number of rotatable bonds is 5. The number of amides is 1. The minimum absolute atomic E-state index is 0.0677. The van der Waals surface area contributed by atoms with Gasteiger partial charge in [-0.1, -0.05) is 12.1 Å². The van der Waals surface area contributed by atoms with Gasteiger partial charge in [0.15, 0.2) is 5.65 Å². The largest absolute Gasteiger partial charge is 0.379 e. The fourth-order valence-electron chi connectivity index (χ4n) is 3.10. The zero-order valence-corrected chi connectivity index (χ0v) is 14.5. The van der Waals surface area contributed by atoms with Crippen LogP contribution in [0.5, 0.6) is 0 Å². The summed E-state index contributed by atoms with van der Waals surface area (Å²) in [5.41, 5.74) is 3.19. The normalized spacial score (nSPS) is 15.2. The van der Waals surface area contributed by atoms with Gasteiger partial charge in [0.2, 0.25) is 0 Å². The highest BCUT2D eigenvalue weighted by molar-refractivity contribution is 5.95. The first-order valence-corrected chi connectivity index (χ1v) is 8.79. The average Bonchev–Trinajstić information content (AvgIpc) is 3.13. The van der Waals surface area contributed by atoms with Crippen molar-refractivity contribution in [2.75, 3.05) is 39.4 Å². The first kappa shape index (κ1) is 16.7. The number of nitrogens with one attached hydrogen (secondary N) is 1. The van der Waals surface area contributed by atoms with E-state index in [1.54, 1.807) is 16.9 Å². The van der Waals surface area contributed by atoms with Crippen LogP contribution in [0.15, 0.2) is 48.8 Å². The van der Waals surface area contributed by atoms with E-state index in [-0.39, 0.29) is 5.91 Å². The number of carbonyl (C=O) groups is 1. The Bertz CT molecular complexity index is 902. The van der Waals surface area contributed by atoms with Crippen LogP contribution in [-0.2, 0) is 4.74 Å². The van der Waals surface area contributed by atoms with Crippen molar-refractivity contribution in [1.82, 2.24) is 24.8 Å². The van der Waals surface area contributed by atoms with E-state index in [4.69, 9.17) is 4.74 Å². The number of aromatic nitrogens is 3. The van der Waals surface area contributed by atoms with Gasteiger partial charge < -0.3 is 10.1 Å². The minimum atomic E-state index is -0.0677. The third-order valence-electron chi connectivity index (χ3n) is 4.52. The van der Waals surface area contributed by atoms with E-state index in [1.807, 2.05) is 36.4 Å². The van der Waals surface area contributed by atoms with Crippen LogP contribution in [-0.4, -0.2) is 64.8 Å². The first-order valence-electron chi connectivity index (χ1n) is 8.79. The van der Waals surface area contributed by atoms with E-state index in [1.165, 1.54) is 0 Å². The van der Waals surface area contributed by atoms with Gasteiger partial charge in [-0.2, -0.15) is 5.10 Å². The van der Waals surface area contributed by atoms with Crippen molar-refractivity contribution in [1.29, 1.82) is 0 Å². The molecular weight excluding hydrogens is 330 g/mol. The van der Waals surface area contributed by atoms with Crippen LogP contribution in [0.4, 0.5) is 0 Å². The number of hydrogen-bond donors (Lipinski definition) is 1. The third kappa shape index (κ3) is 3.58. The number of imidazole rings is 1. The molecule has 1 aliphatic rings. The summed E-state index contributed by atoms with van der Waals surface area (Å²) in [4.78, 5) is 19.1. The molecule has 3 heterocycles. The number of hydrogen-bond acceptors (Lipinski definition) is 5. The van der Waals surface area contributed by atoms with Gasteiger partial charge in [-0.15, -0.1) is 0 Å². The fraction of sp³-hybridized carbons (Fsp3) is 0.316. The monoisotopic (exact) mass is 351 g/mol. The second kappa shape index (κ2) is 7.63. The minimum Gasteiger partial charge on any atom is -0.379 e. The summed E-state index contributed by atoms with van der Waals surface area (Å²) in [6, 6.07) is 11.3. The maximum atomic E-state index is 12.5. The highest BCUT2D eigenvalue weighted by Crippen LogP contribution is 2.21. The van der Waals surface area contributed by atoms with Crippen LogP contribution < -0.4 is 5.32 Å². The molecule has 0 saturated carbocycles. The summed E-state index contributed by atoms with van der Waals surface area (Å²) in [6.45, 7) is 4.85. The Morgan fingerprint density at radius 3 is 2.96 bits per heavy atom. The van der Waals surface area contributed by atoms with Gasteiger partial charge in [0, 0.05) is 43.5 Å². The number of fused-ring (bicyclic) bond motifs is 1. The Hall–Kier alpha value is -2.77. The van der Waals surface area contributed by atoms with E-state index < -0.39 is 0 Å². The molecule has 1 N–H and O–H groups in total. The predicted molar refractivity (Wildman–Crippen MR) is 98.0 cm³/mol. The number of nitrogens with zero attached hydrogens (tertiary/aromatic N) is 4. The molecule has 3 aromatic rings. The van der Waals surface area contributed by atoms with Gasteiger partial charge in [0.05, 0.1) is 25.1 Å². The lowest BCUT2D eigenvalue weighted by atomic mass is 10.1. The fourth-order valence-corrected chi connectivity index (χ4v) is 3.10. The topological polar surface area (TPSA) is 71.8 Å². The van der Waals surface area contributed by atoms with E-state index in [0.29, 0.717) is 12.1 Å². The quantitative estimate of drug-likeness (QED) is 0.753. The SMILES string of the molecule is O=C(NCCN1CCOCC1)c1cccc(-c2cnc3cccnn23)c1. The lowest BCUT2D eigenvalue weighted by molar-refractivity contribution is 0.0383. The van der Waals surface area contributed by atoms with Crippen LogP contribution in [0.3, 0.4) is 0 Å². The van der Waals surface area contributed by atoms with Gasteiger partial charge in [-0.25, -0.2) is 9.50 Å². The standard InChI is InChI=1S/C19H21N5O2/c25-19(20-7-8-23-9-11-26-12-10-23)16-4-1-3-15(13-16)17-14-21-18-5-2-6-22-24(17)18/h1-6,13-14H,7-12H2,(H,20,25). The lowest BCUT2D eigenvalue weighted by Gasteiger charge is -2.26. The van der Waals surface area contributed by atoms with Crippen molar-refractivity contribution < 1.29 is 9.53 Å². The summed E-state index contributed by atoms with van der Waals surface area (Å²) in [6.07, 6.45) is 3.50. The van der Waals surface area contributed by atoms with E-state index in [2.05, 4.69) is 20.3 Å². The van der Waals surface area contributed by atoms with E-state index >= 15 is 0 Å². The number of carbonyl (C=O) groups excluding carboxylic acids is 1. The smallest absolute Gasteiger partial charge is 0.251 e. The van der Waals surface area contributed by atoms with Gasteiger partial charge >= 0.3 is 0 Å². The third-order valence-corrected chi connectivity index (χ3v) is 4.52. The molecule has 7 nitrogen and oxygen atoms in total. The molecule has 7 heteroatoms.